The molecule has 6 heteroatoms. The first-order chi connectivity index (χ1) is 10.7. The molecule has 1 atom stereocenters. The maximum Gasteiger partial charge on any atom is 0.329 e. The smallest absolute Gasteiger partial charge is 0.329 e. The molecule has 0 N–H and O–H groups in total. The van der Waals surface area contributed by atoms with Gasteiger partial charge in [0.2, 0.25) is 0 Å². The van der Waals surface area contributed by atoms with Gasteiger partial charge in [0.25, 0.3) is 0 Å². The molecular formula is C16H18N4O2. The van der Waals surface area contributed by atoms with E-state index in [1.54, 1.807) is 0 Å². The second-order valence-electron chi connectivity index (χ2n) is 4.68. The number of methoxy groups -OCH3 is 1. The summed E-state index contributed by atoms with van der Waals surface area (Å²) in [6.07, 6.45) is 0. The van der Waals surface area contributed by atoms with Gasteiger partial charge >= 0.3 is 5.97 Å². The third kappa shape index (κ3) is 2.84. The monoisotopic (exact) mass is 298 g/mol. The highest BCUT2D eigenvalue weighted by atomic mass is 16.5. The number of carbonyl (C=O) groups excluding carboxylic acids is 1. The number of benzene rings is 1. The zero-order valence-corrected chi connectivity index (χ0v) is 12.9. The molecule has 2 aromatic rings. The maximum absolute atomic E-state index is 11.9. The van der Waals surface area contributed by atoms with E-state index in [2.05, 4.69) is 9.97 Å². The Bertz CT molecular complexity index is 720. The van der Waals surface area contributed by atoms with Gasteiger partial charge in [-0.05, 0) is 26.0 Å². The van der Waals surface area contributed by atoms with Crippen molar-refractivity contribution >= 4 is 22.8 Å². The third-order valence-corrected chi connectivity index (χ3v) is 3.48. The number of rotatable bonds is 5. The fourth-order valence-corrected chi connectivity index (χ4v) is 2.30. The standard InChI is InChI=1S/C16H18N4O2/c1-4-20(5-2)15-14(11(10-17)16(21)22-3)18-12-8-6-7-9-13(12)19-15/h6-9,11H,4-5H2,1-3H3. The number of nitriles is 1. The highest BCUT2D eigenvalue weighted by molar-refractivity contribution is 5.85. The van der Waals surface area contributed by atoms with Gasteiger partial charge in [-0.3, -0.25) is 4.79 Å². The molecule has 22 heavy (non-hydrogen) atoms. The average molecular weight is 298 g/mol. The summed E-state index contributed by atoms with van der Waals surface area (Å²) in [6.45, 7) is 5.39. The van der Waals surface area contributed by atoms with Crippen molar-refractivity contribution in [3.05, 3.63) is 30.0 Å². The second kappa shape index (κ2) is 6.85. The number of ether oxygens (including phenoxy) is 1. The van der Waals surface area contributed by atoms with E-state index in [0.717, 1.165) is 5.52 Å². The lowest BCUT2D eigenvalue weighted by Crippen LogP contribution is -2.27. The van der Waals surface area contributed by atoms with E-state index in [4.69, 9.17) is 4.74 Å². The molecule has 0 amide bonds. The van der Waals surface area contributed by atoms with Crippen LogP contribution < -0.4 is 4.90 Å². The molecule has 1 aromatic heterocycles. The van der Waals surface area contributed by atoms with E-state index in [1.807, 2.05) is 49.1 Å². The normalized spacial score (nSPS) is 11.7. The molecule has 0 aliphatic rings. The van der Waals surface area contributed by atoms with Crippen LogP contribution in [0.1, 0.15) is 25.5 Å². The molecular weight excluding hydrogens is 280 g/mol. The quantitative estimate of drug-likeness (QED) is 0.788. The molecule has 0 bridgehead atoms. The van der Waals surface area contributed by atoms with Crippen LogP contribution in [0.15, 0.2) is 24.3 Å². The Balaban J connectivity index is 2.70. The number of carbonyl (C=O) groups is 1. The minimum absolute atomic E-state index is 0.344. The highest BCUT2D eigenvalue weighted by Gasteiger charge is 2.28. The van der Waals surface area contributed by atoms with Gasteiger partial charge in [0.05, 0.1) is 24.2 Å². The van der Waals surface area contributed by atoms with E-state index in [0.29, 0.717) is 30.1 Å². The summed E-state index contributed by atoms with van der Waals surface area (Å²) in [4.78, 5) is 23.0. The summed E-state index contributed by atoms with van der Waals surface area (Å²) in [6, 6.07) is 9.37. The summed E-state index contributed by atoms with van der Waals surface area (Å²) in [5.41, 5.74) is 1.73. The number of aromatic nitrogens is 2. The van der Waals surface area contributed by atoms with E-state index in [-0.39, 0.29) is 0 Å². The largest absolute Gasteiger partial charge is 0.468 e. The molecule has 1 unspecified atom stereocenters. The molecule has 0 spiro atoms. The van der Waals surface area contributed by atoms with Crippen molar-refractivity contribution in [3.63, 3.8) is 0 Å². The number of esters is 1. The minimum atomic E-state index is -1.09. The van der Waals surface area contributed by atoms with Gasteiger partial charge in [-0.2, -0.15) is 5.26 Å². The second-order valence-corrected chi connectivity index (χ2v) is 4.68. The summed E-state index contributed by atoms with van der Waals surface area (Å²) in [7, 11) is 1.26. The number of hydrogen-bond donors (Lipinski definition) is 0. The predicted molar refractivity (Wildman–Crippen MR) is 83.5 cm³/mol. The van der Waals surface area contributed by atoms with Gasteiger partial charge in [0, 0.05) is 13.1 Å². The maximum atomic E-state index is 11.9. The minimum Gasteiger partial charge on any atom is -0.468 e. The van der Waals surface area contributed by atoms with Crippen LogP contribution in [0.3, 0.4) is 0 Å². The lowest BCUT2D eigenvalue weighted by molar-refractivity contribution is -0.141. The van der Waals surface area contributed by atoms with Crippen molar-refractivity contribution in [2.45, 2.75) is 19.8 Å². The Morgan fingerprint density at radius 1 is 1.27 bits per heavy atom. The molecule has 114 valence electrons. The SMILES string of the molecule is CCN(CC)c1nc2ccccc2nc1C(C#N)C(=O)OC. The predicted octanol–water partition coefficient (Wildman–Crippen LogP) is 2.26. The van der Waals surface area contributed by atoms with E-state index in [1.165, 1.54) is 7.11 Å². The summed E-state index contributed by atoms with van der Waals surface area (Å²) < 4.78 is 4.72. The topological polar surface area (TPSA) is 79.1 Å². The van der Waals surface area contributed by atoms with Crippen molar-refractivity contribution in [3.8, 4) is 6.07 Å². The van der Waals surface area contributed by atoms with Gasteiger partial charge < -0.3 is 9.64 Å². The average Bonchev–Trinajstić information content (AvgIpc) is 2.56. The Kier molecular flexibility index (Phi) is 4.89. The molecule has 0 aliphatic heterocycles. The first-order valence-corrected chi connectivity index (χ1v) is 7.15. The molecule has 0 aliphatic carbocycles. The first kappa shape index (κ1) is 15.7. The fourth-order valence-electron chi connectivity index (χ4n) is 2.30. The van der Waals surface area contributed by atoms with E-state index >= 15 is 0 Å². The van der Waals surface area contributed by atoms with Gasteiger partial charge in [-0.15, -0.1) is 0 Å². The van der Waals surface area contributed by atoms with Crippen LogP contribution in [0, 0.1) is 11.3 Å². The summed E-state index contributed by atoms with van der Waals surface area (Å²) in [5, 5.41) is 9.37. The zero-order chi connectivity index (χ0) is 16.1. The first-order valence-electron chi connectivity index (χ1n) is 7.15. The van der Waals surface area contributed by atoms with Gasteiger partial charge in [-0.25, -0.2) is 9.97 Å². The molecule has 1 aromatic carbocycles. The van der Waals surface area contributed by atoms with Crippen molar-refractivity contribution in [2.75, 3.05) is 25.1 Å². The summed E-state index contributed by atoms with van der Waals surface area (Å²) >= 11 is 0. The number of fused-ring (bicyclic) bond motifs is 1. The van der Waals surface area contributed by atoms with Crippen LogP contribution >= 0.6 is 0 Å². The zero-order valence-electron chi connectivity index (χ0n) is 12.9. The Hall–Kier alpha value is -2.68. The summed E-state index contributed by atoms with van der Waals surface area (Å²) in [5.74, 6) is -1.15. The number of hydrogen-bond acceptors (Lipinski definition) is 6. The molecule has 0 saturated heterocycles. The fraction of sp³-hybridized carbons (Fsp3) is 0.375. The van der Waals surface area contributed by atoms with Crippen LogP contribution in [0.25, 0.3) is 11.0 Å². The van der Waals surface area contributed by atoms with E-state index in [9.17, 15) is 10.1 Å². The third-order valence-electron chi connectivity index (χ3n) is 3.48. The van der Waals surface area contributed by atoms with Crippen LogP contribution in [0.2, 0.25) is 0 Å². The number of anilines is 1. The van der Waals surface area contributed by atoms with Crippen LogP contribution in [-0.2, 0) is 9.53 Å². The number of nitrogens with zero attached hydrogens (tertiary/aromatic N) is 4. The van der Waals surface area contributed by atoms with Crippen LogP contribution in [0.5, 0.6) is 0 Å². The van der Waals surface area contributed by atoms with Gasteiger partial charge in [0.1, 0.15) is 5.69 Å². The van der Waals surface area contributed by atoms with Crippen molar-refractivity contribution in [2.24, 2.45) is 0 Å². The lowest BCUT2D eigenvalue weighted by Gasteiger charge is -2.23. The Morgan fingerprint density at radius 3 is 2.36 bits per heavy atom. The molecule has 0 radical (unpaired) electrons. The van der Waals surface area contributed by atoms with Gasteiger partial charge in [0.15, 0.2) is 11.7 Å². The lowest BCUT2D eigenvalue weighted by atomic mass is 10.1. The molecule has 1 heterocycles. The molecule has 6 nitrogen and oxygen atoms in total. The van der Waals surface area contributed by atoms with Crippen LogP contribution in [0.4, 0.5) is 5.82 Å². The Labute approximate surface area is 129 Å². The van der Waals surface area contributed by atoms with E-state index < -0.39 is 11.9 Å². The highest BCUT2D eigenvalue weighted by Crippen LogP contribution is 2.27. The van der Waals surface area contributed by atoms with Crippen LogP contribution in [-0.4, -0.2) is 36.1 Å². The van der Waals surface area contributed by atoms with Crippen molar-refractivity contribution < 1.29 is 9.53 Å². The van der Waals surface area contributed by atoms with Gasteiger partial charge in [-0.1, -0.05) is 12.1 Å². The molecule has 2 rings (SSSR count). The Morgan fingerprint density at radius 2 is 1.86 bits per heavy atom. The van der Waals surface area contributed by atoms with Crippen molar-refractivity contribution in [1.82, 2.24) is 9.97 Å². The van der Waals surface area contributed by atoms with Crippen molar-refractivity contribution in [1.29, 1.82) is 5.26 Å². The molecule has 0 fully saturated rings. The number of para-hydroxylation sites is 2. The molecule has 0 saturated carbocycles.